The summed E-state index contributed by atoms with van der Waals surface area (Å²) < 4.78 is 0. The van der Waals surface area contributed by atoms with Crippen LogP contribution >= 0.6 is 23.2 Å². The third-order valence-electron chi connectivity index (χ3n) is 2.92. The van der Waals surface area contributed by atoms with E-state index in [1.165, 1.54) is 5.56 Å². The van der Waals surface area contributed by atoms with Gasteiger partial charge in [0, 0.05) is 16.1 Å². The summed E-state index contributed by atoms with van der Waals surface area (Å²) in [6, 6.07) is 6.29. The second-order valence-corrected chi connectivity index (χ2v) is 5.62. The maximum absolute atomic E-state index is 6.19. The number of hydrogen-bond donors (Lipinski definition) is 1. The highest BCUT2D eigenvalue weighted by Gasteiger charge is 2.10. The van der Waals surface area contributed by atoms with Crippen LogP contribution in [0.25, 0.3) is 0 Å². The zero-order valence-corrected chi connectivity index (χ0v) is 12.3. The number of halogens is 2. The van der Waals surface area contributed by atoms with Gasteiger partial charge in [-0.25, -0.2) is 0 Å². The lowest BCUT2D eigenvalue weighted by Gasteiger charge is -2.18. The second-order valence-electron chi connectivity index (χ2n) is 4.78. The molecule has 0 heterocycles. The molecule has 96 valence electrons. The normalized spacial score (nSPS) is 13.1. The highest BCUT2D eigenvalue weighted by Crippen LogP contribution is 2.24. The Balaban J connectivity index is 2.60. The Labute approximate surface area is 115 Å². The van der Waals surface area contributed by atoms with Crippen molar-refractivity contribution in [3.05, 3.63) is 33.8 Å². The Bertz CT molecular complexity index is 350. The lowest BCUT2D eigenvalue weighted by molar-refractivity contribution is 0.436. The van der Waals surface area contributed by atoms with Crippen molar-refractivity contribution in [3.63, 3.8) is 0 Å². The van der Waals surface area contributed by atoms with E-state index >= 15 is 0 Å². The number of benzene rings is 1. The topological polar surface area (TPSA) is 12.0 Å². The van der Waals surface area contributed by atoms with Crippen LogP contribution in [0.4, 0.5) is 0 Å². The standard InChI is InChI=1S/C14H21Cl2N/c1-4-11(9-17-10(2)3)7-12-5-6-13(15)8-14(12)16/h5-6,8,10-11,17H,4,7,9H2,1-3H3. The van der Waals surface area contributed by atoms with Crippen molar-refractivity contribution in [2.45, 2.75) is 39.7 Å². The van der Waals surface area contributed by atoms with Crippen molar-refractivity contribution in [2.75, 3.05) is 6.54 Å². The first kappa shape index (κ1) is 14.8. The lowest BCUT2D eigenvalue weighted by atomic mass is 9.96. The highest BCUT2D eigenvalue weighted by molar-refractivity contribution is 6.35. The average molecular weight is 274 g/mol. The van der Waals surface area contributed by atoms with Gasteiger partial charge in [-0.2, -0.15) is 0 Å². The zero-order valence-electron chi connectivity index (χ0n) is 10.8. The molecule has 0 bridgehead atoms. The largest absolute Gasteiger partial charge is 0.314 e. The molecule has 1 aromatic carbocycles. The molecule has 0 aliphatic heterocycles. The SMILES string of the molecule is CCC(CNC(C)C)Cc1ccc(Cl)cc1Cl. The fourth-order valence-corrected chi connectivity index (χ4v) is 2.25. The molecule has 0 spiro atoms. The van der Waals surface area contributed by atoms with Crippen LogP contribution < -0.4 is 5.32 Å². The summed E-state index contributed by atoms with van der Waals surface area (Å²) in [6.07, 6.45) is 2.16. The van der Waals surface area contributed by atoms with Gasteiger partial charge in [0.2, 0.25) is 0 Å². The summed E-state index contributed by atoms with van der Waals surface area (Å²) in [4.78, 5) is 0. The fourth-order valence-electron chi connectivity index (χ4n) is 1.76. The van der Waals surface area contributed by atoms with Gasteiger partial charge in [-0.3, -0.25) is 0 Å². The molecule has 17 heavy (non-hydrogen) atoms. The van der Waals surface area contributed by atoms with Crippen molar-refractivity contribution < 1.29 is 0 Å². The minimum Gasteiger partial charge on any atom is -0.314 e. The van der Waals surface area contributed by atoms with E-state index in [0.29, 0.717) is 17.0 Å². The van der Waals surface area contributed by atoms with E-state index in [1.807, 2.05) is 18.2 Å². The molecule has 3 heteroatoms. The van der Waals surface area contributed by atoms with Gasteiger partial charge < -0.3 is 5.32 Å². The number of nitrogens with one attached hydrogen (secondary N) is 1. The van der Waals surface area contributed by atoms with Crippen LogP contribution in [0, 0.1) is 5.92 Å². The molecular formula is C14H21Cl2N. The molecule has 0 saturated carbocycles. The van der Waals surface area contributed by atoms with Gasteiger partial charge in [0.25, 0.3) is 0 Å². The van der Waals surface area contributed by atoms with Gasteiger partial charge in [-0.15, -0.1) is 0 Å². The molecule has 1 aromatic rings. The summed E-state index contributed by atoms with van der Waals surface area (Å²) in [6.45, 7) is 7.59. The molecule has 1 atom stereocenters. The van der Waals surface area contributed by atoms with Crippen molar-refractivity contribution in [1.82, 2.24) is 5.32 Å². The minimum absolute atomic E-state index is 0.532. The Morgan fingerprint density at radius 3 is 2.47 bits per heavy atom. The van der Waals surface area contributed by atoms with Gasteiger partial charge in [-0.1, -0.05) is 56.5 Å². The minimum atomic E-state index is 0.532. The Morgan fingerprint density at radius 1 is 1.24 bits per heavy atom. The molecule has 0 saturated heterocycles. The maximum Gasteiger partial charge on any atom is 0.0452 e. The summed E-state index contributed by atoms with van der Waals surface area (Å²) >= 11 is 12.1. The second kappa shape index (κ2) is 7.25. The molecule has 1 nitrogen and oxygen atoms in total. The predicted octanol–water partition coefficient (Wildman–Crippen LogP) is 4.56. The Morgan fingerprint density at radius 2 is 1.94 bits per heavy atom. The van der Waals surface area contributed by atoms with Gasteiger partial charge in [-0.05, 0) is 36.6 Å². The number of rotatable bonds is 6. The van der Waals surface area contributed by atoms with Crippen molar-refractivity contribution in [1.29, 1.82) is 0 Å². The van der Waals surface area contributed by atoms with Crippen LogP contribution in [0.5, 0.6) is 0 Å². The van der Waals surface area contributed by atoms with E-state index in [2.05, 4.69) is 26.1 Å². The fraction of sp³-hybridized carbons (Fsp3) is 0.571. The first-order valence-electron chi connectivity index (χ1n) is 6.20. The average Bonchev–Trinajstić information content (AvgIpc) is 2.26. The van der Waals surface area contributed by atoms with Crippen LogP contribution in [0.3, 0.4) is 0 Å². The van der Waals surface area contributed by atoms with Gasteiger partial charge in [0.15, 0.2) is 0 Å². The number of hydrogen-bond acceptors (Lipinski definition) is 1. The molecule has 0 fully saturated rings. The molecule has 1 unspecified atom stereocenters. The molecule has 0 amide bonds. The van der Waals surface area contributed by atoms with E-state index in [0.717, 1.165) is 24.4 Å². The van der Waals surface area contributed by atoms with Crippen molar-refractivity contribution in [3.8, 4) is 0 Å². The van der Waals surface area contributed by atoms with Gasteiger partial charge in [0.1, 0.15) is 0 Å². The van der Waals surface area contributed by atoms with E-state index < -0.39 is 0 Å². The van der Waals surface area contributed by atoms with Crippen LogP contribution in [-0.4, -0.2) is 12.6 Å². The van der Waals surface area contributed by atoms with E-state index in [-0.39, 0.29) is 0 Å². The monoisotopic (exact) mass is 273 g/mol. The van der Waals surface area contributed by atoms with Gasteiger partial charge >= 0.3 is 0 Å². The summed E-state index contributed by atoms with van der Waals surface area (Å²) in [5, 5.41) is 4.96. The highest BCUT2D eigenvalue weighted by atomic mass is 35.5. The molecule has 0 aliphatic carbocycles. The van der Waals surface area contributed by atoms with Crippen LogP contribution in [0.1, 0.15) is 32.8 Å². The van der Waals surface area contributed by atoms with Gasteiger partial charge in [0.05, 0.1) is 0 Å². The van der Waals surface area contributed by atoms with E-state index in [9.17, 15) is 0 Å². The van der Waals surface area contributed by atoms with Crippen LogP contribution in [-0.2, 0) is 6.42 Å². The molecule has 0 aliphatic rings. The first-order valence-corrected chi connectivity index (χ1v) is 6.95. The zero-order chi connectivity index (χ0) is 12.8. The molecule has 0 aromatic heterocycles. The van der Waals surface area contributed by atoms with Crippen LogP contribution in [0.15, 0.2) is 18.2 Å². The van der Waals surface area contributed by atoms with Crippen molar-refractivity contribution >= 4 is 23.2 Å². The predicted molar refractivity (Wildman–Crippen MR) is 77.1 cm³/mol. The Kier molecular flexibility index (Phi) is 6.32. The Hall–Kier alpha value is -0.240. The summed E-state index contributed by atoms with van der Waals surface area (Å²) in [5.41, 5.74) is 1.19. The van der Waals surface area contributed by atoms with Crippen LogP contribution in [0.2, 0.25) is 10.0 Å². The molecular weight excluding hydrogens is 253 g/mol. The lowest BCUT2D eigenvalue weighted by Crippen LogP contribution is -2.29. The summed E-state index contributed by atoms with van der Waals surface area (Å²) in [5.74, 6) is 0.621. The third kappa shape index (κ3) is 5.29. The molecule has 0 radical (unpaired) electrons. The maximum atomic E-state index is 6.19. The summed E-state index contributed by atoms with van der Waals surface area (Å²) in [7, 11) is 0. The quantitative estimate of drug-likeness (QED) is 0.801. The van der Waals surface area contributed by atoms with E-state index in [1.54, 1.807) is 0 Å². The first-order chi connectivity index (χ1) is 8.02. The smallest absolute Gasteiger partial charge is 0.0452 e. The van der Waals surface area contributed by atoms with Crippen molar-refractivity contribution in [2.24, 2.45) is 5.92 Å². The third-order valence-corrected chi connectivity index (χ3v) is 3.50. The molecule has 1 rings (SSSR count). The van der Waals surface area contributed by atoms with E-state index in [4.69, 9.17) is 23.2 Å². The molecule has 1 N–H and O–H groups in total.